The van der Waals surface area contributed by atoms with E-state index in [1.807, 2.05) is 37.4 Å². The zero-order chi connectivity index (χ0) is 21.7. The highest BCUT2D eigenvalue weighted by atomic mass is 32.2. The number of thioether (sulfide) groups is 1. The SMILES string of the molecule is CC(Cc1c[nH]c2ccccc12)NC(=O)C(=N)SC(=N)N1CCN(CC(F)F)CC1. The highest BCUT2D eigenvalue weighted by molar-refractivity contribution is 8.27. The van der Waals surface area contributed by atoms with Gasteiger partial charge in [-0.05, 0) is 36.7 Å². The fraction of sp³-hybridized carbons (Fsp3) is 0.450. The number of carbonyl (C=O) groups excluding carboxylic acids is 1. The normalized spacial score (nSPS) is 16.1. The Morgan fingerprint density at radius 2 is 1.93 bits per heavy atom. The van der Waals surface area contributed by atoms with Crippen molar-refractivity contribution in [2.45, 2.75) is 25.8 Å². The van der Waals surface area contributed by atoms with Gasteiger partial charge in [-0.15, -0.1) is 0 Å². The molecule has 0 aliphatic carbocycles. The summed E-state index contributed by atoms with van der Waals surface area (Å²) in [5.74, 6) is -0.520. The van der Waals surface area contributed by atoms with Crippen LogP contribution in [0.15, 0.2) is 30.5 Å². The molecule has 3 rings (SSSR count). The van der Waals surface area contributed by atoms with Crippen LogP contribution in [0.25, 0.3) is 10.9 Å². The number of piperazine rings is 1. The summed E-state index contributed by atoms with van der Waals surface area (Å²) < 4.78 is 24.9. The maximum atomic E-state index is 12.5. The number of amidine groups is 1. The number of para-hydroxylation sites is 1. The van der Waals surface area contributed by atoms with E-state index < -0.39 is 12.3 Å². The minimum Gasteiger partial charge on any atom is -0.361 e. The highest BCUT2D eigenvalue weighted by Gasteiger charge is 2.24. The van der Waals surface area contributed by atoms with Crippen LogP contribution in [0.1, 0.15) is 12.5 Å². The number of fused-ring (bicyclic) bond motifs is 1. The molecule has 1 atom stereocenters. The number of aromatic amines is 1. The Morgan fingerprint density at radius 3 is 2.63 bits per heavy atom. The second-order valence-corrected chi connectivity index (χ2v) is 8.35. The summed E-state index contributed by atoms with van der Waals surface area (Å²) in [4.78, 5) is 18.9. The first-order valence-electron chi connectivity index (χ1n) is 9.79. The highest BCUT2D eigenvalue weighted by Crippen LogP contribution is 2.19. The summed E-state index contributed by atoms with van der Waals surface area (Å²) in [5.41, 5.74) is 2.13. The zero-order valence-corrected chi connectivity index (χ0v) is 17.6. The summed E-state index contributed by atoms with van der Waals surface area (Å²) in [6.07, 6.45) is 0.182. The minimum atomic E-state index is -2.37. The second-order valence-electron chi connectivity index (χ2n) is 7.35. The van der Waals surface area contributed by atoms with Crippen molar-refractivity contribution in [1.82, 2.24) is 20.1 Å². The third-order valence-corrected chi connectivity index (χ3v) is 5.88. The molecule has 1 fully saturated rings. The third kappa shape index (κ3) is 5.79. The average Bonchev–Trinajstić information content (AvgIpc) is 3.10. The van der Waals surface area contributed by atoms with Gasteiger partial charge in [-0.25, -0.2) is 8.78 Å². The predicted octanol–water partition coefficient (Wildman–Crippen LogP) is 2.74. The van der Waals surface area contributed by atoms with Gasteiger partial charge in [0.15, 0.2) is 10.2 Å². The van der Waals surface area contributed by atoms with Crippen LogP contribution in [0.2, 0.25) is 0 Å². The molecule has 4 N–H and O–H groups in total. The third-order valence-electron chi connectivity index (χ3n) is 5.04. The van der Waals surface area contributed by atoms with Gasteiger partial charge >= 0.3 is 0 Å². The Kier molecular flexibility index (Phi) is 7.43. The first-order valence-corrected chi connectivity index (χ1v) is 10.6. The largest absolute Gasteiger partial charge is 0.361 e. The van der Waals surface area contributed by atoms with E-state index in [0.29, 0.717) is 32.6 Å². The van der Waals surface area contributed by atoms with Crippen molar-refractivity contribution < 1.29 is 13.6 Å². The molecule has 2 heterocycles. The molecule has 1 amide bonds. The maximum Gasteiger partial charge on any atom is 0.276 e. The molecule has 1 saturated heterocycles. The number of benzene rings is 1. The first-order chi connectivity index (χ1) is 14.3. The molecule has 0 radical (unpaired) electrons. The van der Waals surface area contributed by atoms with Gasteiger partial charge in [-0.3, -0.25) is 20.5 Å². The van der Waals surface area contributed by atoms with E-state index in [-0.39, 0.29) is 22.8 Å². The molecule has 1 aromatic carbocycles. The van der Waals surface area contributed by atoms with E-state index in [9.17, 15) is 13.6 Å². The summed E-state index contributed by atoms with van der Waals surface area (Å²) in [7, 11) is 0. The van der Waals surface area contributed by atoms with Crippen LogP contribution >= 0.6 is 11.8 Å². The van der Waals surface area contributed by atoms with Gasteiger partial charge in [0.2, 0.25) is 0 Å². The number of hydrogen-bond donors (Lipinski definition) is 4. The van der Waals surface area contributed by atoms with E-state index in [0.717, 1.165) is 28.2 Å². The molecule has 1 aliphatic rings. The number of hydrogen-bond acceptors (Lipinski definition) is 5. The van der Waals surface area contributed by atoms with Crippen molar-refractivity contribution in [3.05, 3.63) is 36.0 Å². The van der Waals surface area contributed by atoms with Crippen molar-refractivity contribution in [2.75, 3.05) is 32.7 Å². The van der Waals surface area contributed by atoms with Crippen LogP contribution in [-0.4, -0.2) is 76.1 Å². The summed E-state index contributed by atoms with van der Waals surface area (Å²) >= 11 is 0.790. The van der Waals surface area contributed by atoms with Gasteiger partial charge in [-0.2, -0.15) is 0 Å². The number of halogens is 2. The molecule has 1 aliphatic heterocycles. The summed E-state index contributed by atoms with van der Waals surface area (Å²) in [6, 6.07) is 7.77. The quantitative estimate of drug-likeness (QED) is 0.428. The molecule has 0 spiro atoms. The molecule has 10 heteroatoms. The molecule has 30 heavy (non-hydrogen) atoms. The van der Waals surface area contributed by atoms with Crippen molar-refractivity contribution in [3.63, 3.8) is 0 Å². The Balaban J connectivity index is 1.45. The number of nitrogens with one attached hydrogen (secondary N) is 4. The number of aromatic nitrogens is 1. The lowest BCUT2D eigenvalue weighted by molar-refractivity contribution is -0.115. The first kappa shape index (κ1) is 22.2. The lowest BCUT2D eigenvalue weighted by atomic mass is 10.1. The minimum absolute atomic E-state index is 0.0936. The summed E-state index contributed by atoms with van der Waals surface area (Å²) in [6.45, 7) is 3.36. The van der Waals surface area contributed by atoms with Gasteiger partial charge in [0.1, 0.15) is 0 Å². The van der Waals surface area contributed by atoms with Crippen LogP contribution < -0.4 is 5.32 Å². The van der Waals surface area contributed by atoms with E-state index in [1.165, 1.54) is 0 Å². The molecule has 1 unspecified atom stereocenters. The van der Waals surface area contributed by atoms with E-state index in [2.05, 4.69) is 10.3 Å². The predicted molar refractivity (Wildman–Crippen MR) is 117 cm³/mol. The number of alkyl halides is 2. The van der Waals surface area contributed by atoms with Crippen molar-refractivity contribution in [3.8, 4) is 0 Å². The topological polar surface area (TPSA) is 99.1 Å². The molecule has 0 bridgehead atoms. The lowest BCUT2D eigenvalue weighted by Crippen LogP contribution is -2.49. The second kappa shape index (κ2) is 10.0. The number of carbonyl (C=O) groups is 1. The van der Waals surface area contributed by atoms with Gasteiger partial charge < -0.3 is 15.2 Å². The Morgan fingerprint density at radius 1 is 1.23 bits per heavy atom. The Labute approximate surface area is 178 Å². The maximum absolute atomic E-state index is 12.5. The van der Waals surface area contributed by atoms with Gasteiger partial charge in [0, 0.05) is 49.3 Å². The fourth-order valence-electron chi connectivity index (χ4n) is 3.51. The average molecular weight is 437 g/mol. The number of H-pyrrole nitrogens is 1. The van der Waals surface area contributed by atoms with E-state index in [1.54, 1.807) is 9.80 Å². The van der Waals surface area contributed by atoms with E-state index in [4.69, 9.17) is 10.8 Å². The number of rotatable bonds is 5. The van der Waals surface area contributed by atoms with Gasteiger partial charge in [0.05, 0.1) is 6.54 Å². The van der Waals surface area contributed by atoms with Gasteiger partial charge in [0.25, 0.3) is 12.3 Å². The van der Waals surface area contributed by atoms with Crippen LogP contribution in [0, 0.1) is 10.8 Å². The van der Waals surface area contributed by atoms with E-state index >= 15 is 0 Å². The number of amides is 1. The van der Waals surface area contributed by atoms with Crippen LogP contribution in [0.4, 0.5) is 8.78 Å². The summed E-state index contributed by atoms with van der Waals surface area (Å²) in [5, 5.41) is 19.9. The number of nitrogens with zero attached hydrogens (tertiary/aromatic N) is 2. The fourth-order valence-corrected chi connectivity index (χ4v) is 4.16. The molecular weight excluding hydrogens is 410 g/mol. The molecule has 2 aromatic rings. The Bertz CT molecular complexity index is 910. The van der Waals surface area contributed by atoms with Crippen LogP contribution in [-0.2, 0) is 11.2 Å². The van der Waals surface area contributed by atoms with Crippen molar-refractivity contribution in [1.29, 1.82) is 10.8 Å². The smallest absolute Gasteiger partial charge is 0.276 e. The lowest BCUT2D eigenvalue weighted by Gasteiger charge is -2.35. The standard InChI is InChI=1S/C20H26F2N6OS/c1-13(10-14-11-25-16-5-3-2-4-15(14)16)26-19(29)18(23)30-20(24)28-8-6-27(7-9-28)12-17(21)22/h2-5,11,13,17,23-25H,6-10,12H2,1H3,(H,26,29). The van der Waals surface area contributed by atoms with Crippen molar-refractivity contribution in [2.24, 2.45) is 0 Å². The molecular formula is C20H26F2N6OS. The molecule has 1 aromatic heterocycles. The zero-order valence-electron chi connectivity index (χ0n) is 16.8. The molecule has 0 saturated carbocycles. The van der Waals surface area contributed by atoms with Crippen LogP contribution in [0.3, 0.4) is 0 Å². The monoisotopic (exact) mass is 436 g/mol. The van der Waals surface area contributed by atoms with Crippen LogP contribution in [0.5, 0.6) is 0 Å². The van der Waals surface area contributed by atoms with Crippen molar-refractivity contribution >= 4 is 38.8 Å². The Hall–Kier alpha value is -2.46. The molecule has 7 nitrogen and oxygen atoms in total. The van der Waals surface area contributed by atoms with Gasteiger partial charge in [-0.1, -0.05) is 18.2 Å². The molecule has 162 valence electrons.